The maximum Gasteiger partial charge on any atom is 0.191 e. The molecule has 0 amide bonds. The first-order chi connectivity index (χ1) is 12.1. The summed E-state index contributed by atoms with van der Waals surface area (Å²) in [6.45, 7) is 10.3. The number of halogens is 1. The zero-order chi connectivity index (χ0) is 18.1. The number of aliphatic imine (C=N–C) groups is 1. The first kappa shape index (κ1) is 23.6. The smallest absolute Gasteiger partial charge is 0.191 e. The Morgan fingerprint density at radius 2 is 2.12 bits per heavy atom. The number of nitrogens with one attached hydrogen (secondary N) is 2. The van der Waals surface area contributed by atoms with Crippen LogP contribution in [0, 0.1) is 5.92 Å². The van der Waals surface area contributed by atoms with Crippen LogP contribution in [0.2, 0.25) is 0 Å². The number of thiazole rings is 1. The van der Waals surface area contributed by atoms with Crippen molar-refractivity contribution in [1.29, 1.82) is 0 Å². The van der Waals surface area contributed by atoms with Crippen molar-refractivity contribution < 1.29 is 4.74 Å². The molecule has 1 aromatic rings. The number of guanidine groups is 1. The number of hydrogen-bond acceptors (Lipinski definition) is 5. The summed E-state index contributed by atoms with van der Waals surface area (Å²) < 4.78 is 5.16. The van der Waals surface area contributed by atoms with E-state index in [9.17, 15) is 0 Å². The van der Waals surface area contributed by atoms with E-state index in [1.54, 1.807) is 18.4 Å². The van der Waals surface area contributed by atoms with Crippen LogP contribution in [0.1, 0.15) is 43.3 Å². The molecule has 6 nitrogen and oxygen atoms in total. The van der Waals surface area contributed by atoms with Gasteiger partial charge in [0.25, 0.3) is 0 Å². The Morgan fingerprint density at radius 1 is 1.38 bits per heavy atom. The summed E-state index contributed by atoms with van der Waals surface area (Å²) in [4.78, 5) is 11.5. The number of ether oxygens (including phenoxy) is 1. The van der Waals surface area contributed by atoms with Crippen LogP contribution in [0.4, 0.5) is 0 Å². The van der Waals surface area contributed by atoms with Crippen molar-refractivity contribution in [1.82, 2.24) is 20.5 Å². The van der Waals surface area contributed by atoms with Gasteiger partial charge in [-0.05, 0) is 37.8 Å². The lowest BCUT2D eigenvalue weighted by Crippen LogP contribution is -2.43. The lowest BCUT2D eigenvalue weighted by molar-refractivity contribution is 0.121. The van der Waals surface area contributed by atoms with Gasteiger partial charge in [0.2, 0.25) is 0 Å². The third-order valence-corrected chi connectivity index (χ3v) is 5.54. The minimum Gasteiger partial charge on any atom is -0.383 e. The summed E-state index contributed by atoms with van der Waals surface area (Å²) in [5, 5.41) is 10.1. The van der Waals surface area contributed by atoms with Crippen LogP contribution >= 0.6 is 35.3 Å². The van der Waals surface area contributed by atoms with Crippen molar-refractivity contribution in [3.8, 4) is 0 Å². The number of hydrogen-bond donors (Lipinski definition) is 2. The lowest BCUT2D eigenvalue weighted by atomic mass is 9.97. The van der Waals surface area contributed by atoms with Gasteiger partial charge in [-0.1, -0.05) is 13.8 Å². The fraction of sp³-hybridized carbons (Fsp3) is 0.778. The highest BCUT2D eigenvalue weighted by atomic mass is 127. The maximum atomic E-state index is 5.16. The van der Waals surface area contributed by atoms with Gasteiger partial charge in [0, 0.05) is 32.6 Å². The molecular formula is C18H34IN5OS. The minimum absolute atomic E-state index is 0. The second kappa shape index (κ2) is 12.9. The average molecular weight is 495 g/mol. The summed E-state index contributed by atoms with van der Waals surface area (Å²) in [5.41, 5.74) is 1.17. The molecule has 150 valence electrons. The van der Waals surface area contributed by atoms with Crippen molar-refractivity contribution in [2.45, 2.75) is 39.2 Å². The van der Waals surface area contributed by atoms with Gasteiger partial charge in [-0.15, -0.1) is 35.3 Å². The first-order valence-electron chi connectivity index (χ1n) is 9.22. The number of nitrogens with zero attached hydrogens (tertiary/aromatic N) is 3. The fourth-order valence-corrected chi connectivity index (χ4v) is 3.82. The zero-order valence-corrected chi connectivity index (χ0v) is 19.6. The molecule has 26 heavy (non-hydrogen) atoms. The summed E-state index contributed by atoms with van der Waals surface area (Å²) in [5.74, 6) is 2.06. The highest BCUT2D eigenvalue weighted by molar-refractivity contribution is 14.0. The number of methoxy groups -OCH3 is 1. The van der Waals surface area contributed by atoms with Crippen molar-refractivity contribution in [2.24, 2.45) is 10.9 Å². The van der Waals surface area contributed by atoms with Gasteiger partial charge >= 0.3 is 0 Å². The van der Waals surface area contributed by atoms with Crippen molar-refractivity contribution >= 4 is 41.3 Å². The molecule has 0 aromatic carbocycles. The molecule has 1 saturated heterocycles. The molecule has 0 atom stereocenters. The highest BCUT2D eigenvalue weighted by Crippen LogP contribution is 2.18. The van der Waals surface area contributed by atoms with E-state index in [1.165, 1.54) is 31.6 Å². The van der Waals surface area contributed by atoms with Gasteiger partial charge in [0.15, 0.2) is 5.96 Å². The van der Waals surface area contributed by atoms with Gasteiger partial charge in [-0.25, -0.2) is 4.98 Å². The van der Waals surface area contributed by atoms with Gasteiger partial charge in [0.05, 0.1) is 18.8 Å². The molecule has 1 aliphatic rings. The zero-order valence-electron chi connectivity index (χ0n) is 16.5. The summed E-state index contributed by atoms with van der Waals surface area (Å²) in [7, 11) is 3.59. The van der Waals surface area contributed by atoms with Crippen LogP contribution in [0.25, 0.3) is 0 Å². The number of rotatable bonds is 8. The van der Waals surface area contributed by atoms with Crippen LogP contribution in [-0.4, -0.2) is 62.8 Å². The van der Waals surface area contributed by atoms with E-state index < -0.39 is 0 Å². The standard InChI is InChI=1S/C18H33N5OS.HI/c1-14(2)16-13-25-17(22-16)12-21-18(19-3)20-11-15-5-7-23(8-6-15)9-10-24-4;/h13-15H,5-12H2,1-4H3,(H2,19,20,21);1H. The Hall–Kier alpha value is -0.450. The molecule has 0 spiro atoms. The Labute approximate surface area is 179 Å². The first-order valence-corrected chi connectivity index (χ1v) is 10.1. The van der Waals surface area contributed by atoms with Crippen molar-refractivity contribution in [3.05, 3.63) is 16.1 Å². The van der Waals surface area contributed by atoms with E-state index in [1.807, 2.05) is 7.05 Å². The van der Waals surface area contributed by atoms with Crippen LogP contribution in [0.3, 0.4) is 0 Å². The molecule has 2 rings (SSSR count). The van der Waals surface area contributed by atoms with Crippen LogP contribution in [-0.2, 0) is 11.3 Å². The molecule has 0 radical (unpaired) electrons. The number of piperidine rings is 1. The minimum atomic E-state index is 0. The van der Waals surface area contributed by atoms with Gasteiger partial charge in [0.1, 0.15) is 5.01 Å². The van der Waals surface area contributed by atoms with Crippen molar-refractivity contribution in [2.75, 3.05) is 46.9 Å². The molecule has 1 fully saturated rings. The van der Waals surface area contributed by atoms with Gasteiger partial charge < -0.3 is 20.3 Å². The van der Waals surface area contributed by atoms with Crippen molar-refractivity contribution in [3.63, 3.8) is 0 Å². The molecular weight excluding hydrogens is 461 g/mol. The fourth-order valence-electron chi connectivity index (χ4n) is 2.93. The van der Waals surface area contributed by atoms with Crippen LogP contribution in [0.5, 0.6) is 0 Å². The normalized spacial score (nSPS) is 16.6. The Morgan fingerprint density at radius 3 is 2.69 bits per heavy atom. The largest absolute Gasteiger partial charge is 0.383 e. The Balaban J connectivity index is 0.00000338. The molecule has 0 aliphatic carbocycles. The topological polar surface area (TPSA) is 61.8 Å². The molecule has 2 heterocycles. The number of likely N-dealkylation sites (tertiary alicyclic amines) is 1. The Kier molecular flexibility index (Phi) is 11.7. The maximum absolute atomic E-state index is 5.16. The SMILES string of the molecule is CN=C(NCc1nc(C(C)C)cs1)NCC1CCN(CCOC)CC1.I. The molecule has 8 heteroatoms. The monoisotopic (exact) mass is 495 g/mol. The lowest BCUT2D eigenvalue weighted by Gasteiger charge is -2.32. The summed E-state index contributed by atoms with van der Waals surface area (Å²) in [6.07, 6.45) is 2.47. The van der Waals surface area contributed by atoms with E-state index in [0.29, 0.717) is 11.8 Å². The molecule has 1 aromatic heterocycles. The predicted molar refractivity (Wildman–Crippen MR) is 121 cm³/mol. The van der Waals surface area contributed by atoms with E-state index in [4.69, 9.17) is 4.74 Å². The third-order valence-electron chi connectivity index (χ3n) is 4.67. The van der Waals surface area contributed by atoms with E-state index in [2.05, 4.69) is 44.7 Å². The second-order valence-corrected chi connectivity index (χ2v) is 7.85. The quantitative estimate of drug-likeness (QED) is 0.330. The summed E-state index contributed by atoms with van der Waals surface area (Å²) >= 11 is 1.71. The number of aromatic nitrogens is 1. The highest BCUT2D eigenvalue weighted by Gasteiger charge is 2.19. The third kappa shape index (κ3) is 8.06. The summed E-state index contributed by atoms with van der Waals surface area (Å²) in [6, 6.07) is 0. The van der Waals surface area contributed by atoms with Crippen LogP contribution in [0.15, 0.2) is 10.4 Å². The van der Waals surface area contributed by atoms with E-state index in [0.717, 1.165) is 37.2 Å². The molecule has 2 N–H and O–H groups in total. The van der Waals surface area contributed by atoms with Gasteiger partial charge in [-0.3, -0.25) is 4.99 Å². The van der Waals surface area contributed by atoms with Gasteiger partial charge in [-0.2, -0.15) is 0 Å². The molecule has 0 saturated carbocycles. The van der Waals surface area contributed by atoms with E-state index >= 15 is 0 Å². The van der Waals surface area contributed by atoms with E-state index in [-0.39, 0.29) is 24.0 Å². The molecule has 1 aliphatic heterocycles. The predicted octanol–water partition coefficient (Wildman–Crippen LogP) is 2.91. The average Bonchev–Trinajstić information content (AvgIpc) is 3.10. The molecule has 0 unspecified atom stereocenters. The second-order valence-electron chi connectivity index (χ2n) is 6.91. The molecule has 0 bridgehead atoms. The van der Waals surface area contributed by atoms with Crippen LogP contribution < -0.4 is 10.6 Å². The Bertz CT molecular complexity index is 529.